The SMILES string of the molecule is C[Si](C)(C)C#C[C@H]1CN(C(=O)O)C[C@@H]1O. The first kappa shape index (κ1) is 12.1. The average molecular weight is 227 g/mol. The van der Waals surface area contributed by atoms with Crippen molar-refractivity contribution >= 4 is 14.2 Å². The molecule has 4 nitrogen and oxygen atoms in total. The van der Waals surface area contributed by atoms with Gasteiger partial charge in [-0.25, -0.2) is 4.79 Å². The van der Waals surface area contributed by atoms with Crippen LogP contribution in [0.3, 0.4) is 0 Å². The van der Waals surface area contributed by atoms with Crippen LogP contribution in [-0.4, -0.2) is 48.5 Å². The summed E-state index contributed by atoms with van der Waals surface area (Å²) < 4.78 is 0. The normalized spacial score (nSPS) is 26.0. The molecule has 0 saturated carbocycles. The molecule has 1 heterocycles. The summed E-state index contributed by atoms with van der Waals surface area (Å²) in [5, 5.41) is 18.4. The lowest BCUT2D eigenvalue weighted by atomic mass is 10.1. The summed E-state index contributed by atoms with van der Waals surface area (Å²) in [6.07, 6.45) is -1.61. The van der Waals surface area contributed by atoms with Crippen molar-refractivity contribution in [1.29, 1.82) is 0 Å². The zero-order valence-electron chi connectivity index (χ0n) is 9.32. The number of hydrogen-bond acceptors (Lipinski definition) is 2. The number of likely N-dealkylation sites (tertiary alicyclic amines) is 1. The Morgan fingerprint density at radius 1 is 1.40 bits per heavy atom. The Morgan fingerprint density at radius 3 is 2.40 bits per heavy atom. The van der Waals surface area contributed by atoms with Gasteiger partial charge < -0.3 is 15.1 Å². The van der Waals surface area contributed by atoms with Gasteiger partial charge in [-0.05, 0) is 0 Å². The topological polar surface area (TPSA) is 60.8 Å². The van der Waals surface area contributed by atoms with E-state index in [2.05, 4.69) is 31.1 Å². The van der Waals surface area contributed by atoms with E-state index in [0.717, 1.165) is 0 Å². The molecule has 1 aliphatic heterocycles. The molecule has 5 heteroatoms. The molecule has 0 aromatic rings. The van der Waals surface area contributed by atoms with Crippen molar-refractivity contribution < 1.29 is 15.0 Å². The van der Waals surface area contributed by atoms with Crippen LogP contribution in [0, 0.1) is 17.4 Å². The zero-order chi connectivity index (χ0) is 11.6. The van der Waals surface area contributed by atoms with Crippen LogP contribution in [0.5, 0.6) is 0 Å². The van der Waals surface area contributed by atoms with Gasteiger partial charge in [0.2, 0.25) is 0 Å². The summed E-state index contributed by atoms with van der Waals surface area (Å²) in [5.41, 5.74) is 3.16. The number of amides is 1. The van der Waals surface area contributed by atoms with Crippen LogP contribution in [0.4, 0.5) is 4.79 Å². The van der Waals surface area contributed by atoms with Gasteiger partial charge in [-0.2, -0.15) is 0 Å². The first-order valence-corrected chi connectivity index (χ1v) is 8.48. The van der Waals surface area contributed by atoms with Crippen molar-refractivity contribution in [1.82, 2.24) is 4.90 Å². The Morgan fingerprint density at radius 2 is 2.00 bits per heavy atom. The zero-order valence-corrected chi connectivity index (χ0v) is 10.3. The second-order valence-corrected chi connectivity index (χ2v) is 9.63. The van der Waals surface area contributed by atoms with Gasteiger partial charge in [-0.1, -0.05) is 19.6 Å². The van der Waals surface area contributed by atoms with Crippen LogP contribution in [-0.2, 0) is 0 Å². The van der Waals surface area contributed by atoms with Crippen molar-refractivity contribution in [2.75, 3.05) is 13.1 Å². The second kappa shape index (κ2) is 4.25. The quantitative estimate of drug-likeness (QED) is 0.476. The first-order chi connectivity index (χ1) is 6.79. The van der Waals surface area contributed by atoms with Crippen LogP contribution in [0.25, 0.3) is 0 Å². The van der Waals surface area contributed by atoms with E-state index in [1.807, 2.05) is 0 Å². The molecule has 2 atom stereocenters. The lowest BCUT2D eigenvalue weighted by molar-refractivity contribution is 0.137. The number of rotatable bonds is 0. The minimum atomic E-state index is -1.44. The fourth-order valence-corrected chi connectivity index (χ4v) is 2.01. The van der Waals surface area contributed by atoms with Gasteiger partial charge >= 0.3 is 6.09 Å². The maximum atomic E-state index is 10.7. The van der Waals surface area contributed by atoms with Crippen LogP contribution >= 0.6 is 0 Å². The summed E-state index contributed by atoms with van der Waals surface area (Å²) in [5.74, 6) is 2.80. The maximum absolute atomic E-state index is 10.7. The van der Waals surface area contributed by atoms with Gasteiger partial charge in [0, 0.05) is 6.54 Å². The molecule has 0 unspecified atom stereocenters. The molecule has 1 amide bonds. The third-order valence-electron chi connectivity index (χ3n) is 2.19. The molecule has 0 aromatic heterocycles. The Bertz CT molecular complexity index is 313. The summed E-state index contributed by atoms with van der Waals surface area (Å²) >= 11 is 0. The molecular weight excluding hydrogens is 210 g/mol. The van der Waals surface area contributed by atoms with E-state index in [1.54, 1.807) is 0 Å². The van der Waals surface area contributed by atoms with Crippen molar-refractivity contribution in [2.24, 2.45) is 5.92 Å². The summed E-state index contributed by atoms with van der Waals surface area (Å²) in [4.78, 5) is 11.9. The molecule has 0 aliphatic carbocycles. The predicted octanol–water partition coefficient (Wildman–Crippen LogP) is 0.838. The Labute approximate surface area is 90.9 Å². The molecule has 1 saturated heterocycles. The molecule has 2 N–H and O–H groups in total. The fourth-order valence-electron chi connectivity index (χ4n) is 1.39. The van der Waals surface area contributed by atoms with E-state index in [4.69, 9.17) is 5.11 Å². The second-order valence-electron chi connectivity index (χ2n) is 4.88. The highest BCUT2D eigenvalue weighted by Crippen LogP contribution is 2.16. The molecular formula is C10H17NO3Si. The minimum Gasteiger partial charge on any atom is -0.465 e. The number of carbonyl (C=O) groups is 1. The number of hydrogen-bond donors (Lipinski definition) is 2. The van der Waals surface area contributed by atoms with E-state index >= 15 is 0 Å². The lowest BCUT2D eigenvalue weighted by Gasteiger charge is -2.09. The first-order valence-electron chi connectivity index (χ1n) is 4.98. The molecule has 15 heavy (non-hydrogen) atoms. The van der Waals surface area contributed by atoms with E-state index in [1.165, 1.54) is 4.90 Å². The number of carboxylic acid groups (broad SMARTS) is 1. The molecule has 1 rings (SSSR count). The van der Waals surface area contributed by atoms with Gasteiger partial charge in [-0.3, -0.25) is 0 Å². The number of aliphatic hydroxyl groups excluding tert-OH is 1. The highest BCUT2D eigenvalue weighted by Gasteiger charge is 2.32. The van der Waals surface area contributed by atoms with Crippen molar-refractivity contribution in [2.45, 2.75) is 25.7 Å². The summed E-state index contributed by atoms with van der Waals surface area (Å²) in [7, 11) is -1.44. The van der Waals surface area contributed by atoms with E-state index in [0.29, 0.717) is 6.54 Å². The average Bonchev–Trinajstić information content (AvgIpc) is 2.42. The Balaban J connectivity index is 2.65. The molecule has 1 aliphatic rings. The Hall–Kier alpha value is -0.993. The van der Waals surface area contributed by atoms with Crippen LogP contribution < -0.4 is 0 Å². The van der Waals surface area contributed by atoms with Gasteiger partial charge in [0.25, 0.3) is 0 Å². The summed E-state index contributed by atoms with van der Waals surface area (Å²) in [6.45, 7) is 6.87. The third-order valence-corrected chi connectivity index (χ3v) is 3.09. The number of aliphatic hydroxyl groups is 1. The number of β-amino-alcohol motifs (C(OH)–C–C–N with tert-alkyl or cyclic N) is 1. The fraction of sp³-hybridized carbons (Fsp3) is 0.700. The van der Waals surface area contributed by atoms with E-state index < -0.39 is 20.3 Å². The monoisotopic (exact) mass is 227 g/mol. The molecule has 0 radical (unpaired) electrons. The summed E-state index contributed by atoms with van der Waals surface area (Å²) in [6, 6.07) is 0. The number of nitrogens with zero attached hydrogens (tertiary/aromatic N) is 1. The Kier molecular flexibility index (Phi) is 3.42. The maximum Gasteiger partial charge on any atom is 0.407 e. The molecule has 1 fully saturated rings. The van der Waals surface area contributed by atoms with Gasteiger partial charge in [0.1, 0.15) is 8.07 Å². The van der Waals surface area contributed by atoms with E-state index in [9.17, 15) is 9.90 Å². The largest absolute Gasteiger partial charge is 0.465 e. The molecule has 0 bridgehead atoms. The van der Waals surface area contributed by atoms with Crippen LogP contribution in [0.2, 0.25) is 19.6 Å². The minimum absolute atomic E-state index is 0.181. The predicted molar refractivity (Wildman–Crippen MR) is 60.2 cm³/mol. The lowest BCUT2D eigenvalue weighted by Crippen LogP contribution is -2.27. The smallest absolute Gasteiger partial charge is 0.407 e. The highest BCUT2D eigenvalue weighted by atomic mass is 28.3. The van der Waals surface area contributed by atoms with Crippen molar-refractivity contribution in [3.05, 3.63) is 0 Å². The third kappa shape index (κ3) is 3.57. The molecule has 0 aromatic carbocycles. The van der Waals surface area contributed by atoms with Gasteiger partial charge in [-0.15, -0.1) is 11.5 Å². The molecule has 84 valence electrons. The standard InChI is InChI=1S/C10H17NO3Si/c1-15(2,3)5-4-8-6-11(10(13)14)7-9(8)12/h8-9,12H,6-7H2,1-3H3,(H,13,14)/t8-,9-/m0/s1. The van der Waals surface area contributed by atoms with E-state index in [-0.39, 0.29) is 12.5 Å². The van der Waals surface area contributed by atoms with Crippen molar-refractivity contribution in [3.8, 4) is 11.5 Å². The molecule has 0 spiro atoms. The van der Waals surface area contributed by atoms with Gasteiger partial charge in [0.15, 0.2) is 0 Å². The van der Waals surface area contributed by atoms with Crippen molar-refractivity contribution in [3.63, 3.8) is 0 Å². The van der Waals surface area contributed by atoms with Gasteiger partial charge in [0.05, 0.1) is 18.6 Å². The van der Waals surface area contributed by atoms with Crippen LogP contribution in [0.15, 0.2) is 0 Å². The van der Waals surface area contributed by atoms with Crippen LogP contribution in [0.1, 0.15) is 0 Å². The highest BCUT2D eigenvalue weighted by molar-refractivity contribution is 6.83.